The van der Waals surface area contributed by atoms with E-state index in [9.17, 15) is 13.2 Å². The molecule has 0 aromatic carbocycles. The molecule has 0 bridgehead atoms. The van der Waals surface area contributed by atoms with E-state index in [0.29, 0.717) is 19.0 Å². The van der Waals surface area contributed by atoms with Crippen molar-refractivity contribution in [2.75, 3.05) is 13.1 Å². The van der Waals surface area contributed by atoms with Crippen molar-refractivity contribution in [2.45, 2.75) is 32.1 Å². The van der Waals surface area contributed by atoms with Crippen LogP contribution in [0.25, 0.3) is 0 Å². The van der Waals surface area contributed by atoms with Gasteiger partial charge in [-0.2, -0.15) is 4.31 Å². The summed E-state index contributed by atoms with van der Waals surface area (Å²) in [6.45, 7) is 6.52. The minimum absolute atomic E-state index is 0.0448. The number of carbonyl (C=O) groups is 1. The molecule has 1 aromatic heterocycles. The van der Waals surface area contributed by atoms with Gasteiger partial charge in [0.25, 0.3) is 0 Å². The van der Waals surface area contributed by atoms with E-state index >= 15 is 0 Å². The van der Waals surface area contributed by atoms with Crippen LogP contribution in [0.15, 0.2) is 15.4 Å². The average Bonchev–Trinajstić information content (AvgIpc) is 2.75. The molecule has 2 atom stereocenters. The third kappa shape index (κ3) is 2.60. The fourth-order valence-electron chi connectivity index (χ4n) is 2.41. The van der Waals surface area contributed by atoms with Crippen LogP contribution in [0.4, 0.5) is 0 Å². The number of carboxylic acids is 1. The van der Waals surface area contributed by atoms with Crippen molar-refractivity contribution in [3.8, 4) is 0 Å². The number of aromatic carboxylic acids is 1. The molecule has 20 heavy (non-hydrogen) atoms. The molecular formula is C13H19NO5S. The lowest BCUT2D eigenvalue weighted by Gasteiger charge is -2.34. The first-order valence-corrected chi connectivity index (χ1v) is 8.01. The largest absolute Gasteiger partial charge is 0.475 e. The summed E-state index contributed by atoms with van der Waals surface area (Å²) < 4.78 is 31.6. The number of carboxylic acid groups (broad SMARTS) is 1. The van der Waals surface area contributed by atoms with Gasteiger partial charge in [0.05, 0.1) is 0 Å². The quantitative estimate of drug-likeness (QED) is 0.922. The smallest absolute Gasteiger partial charge is 0.371 e. The summed E-state index contributed by atoms with van der Waals surface area (Å²) in [6, 6.07) is 1.09. The molecule has 7 heteroatoms. The van der Waals surface area contributed by atoms with Crippen molar-refractivity contribution in [1.82, 2.24) is 4.31 Å². The van der Waals surface area contributed by atoms with Crippen molar-refractivity contribution >= 4 is 16.0 Å². The van der Waals surface area contributed by atoms with Crippen LogP contribution >= 0.6 is 0 Å². The van der Waals surface area contributed by atoms with Gasteiger partial charge in [-0.05, 0) is 25.2 Å². The van der Waals surface area contributed by atoms with Gasteiger partial charge in [0.15, 0.2) is 0 Å². The maximum absolute atomic E-state index is 12.6. The Hall–Kier alpha value is -1.34. The lowest BCUT2D eigenvalue weighted by Crippen LogP contribution is -2.42. The summed E-state index contributed by atoms with van der Waals surface area (Å²) in [5, 5.41) is 8.87. The molecule has 2 unspecified atom stereocenters. The molecule has 2 rings (SSSR count). The van der Waals surface area contributed by atoms with Gasteiger partial charge in [-0.1, -0.05) is 13.8 Å². The second-order valence-electron chi connectivity index (χ2n) is 5.44. The van der Waals surface area contributed by atoms with Crippen LogP contribution in [0.1, 0.15) is 36.6 Å². The highest BCUT2D eigenvalue weighted by atomic mass is 32.2. The zero-order chi connectivity index (χ0) is 15.1. The van der Waals surface area contributed by atoms with Crippen LogP contribution in [-0.2, 0) is 10.0 Å². The molecule has 1 aliphatic rings. The van der Waals surface area contributed by atoms with Crippen molar-refractivity contribution < 1.29 is 22.7 Å². The highest BCUT2D eigenvalue weighted by molar-refractivity contribution is 7.89. The summed E-state index contributed by atoms with van der Waals surface area (Å²) in [6.07, 6.45) is 0.809. The zero-order valence-corrected chi connectivity index (χ0v) is 12.6. The highest BCUT2D eigenvalue weighted by Gasteiger charge is 2.34. The fourth-order valence-corrected chi connectivity index (χ4v) is 4.13. The Morgan fingerprint density at radius 2 is 2.05 bits per heavy atom. The van der Waals surface area contributed by atoms with E-state index in [1.807, 2.05) is 6.92 Å². The molecule has 0 radical (unpaired) electrons. The first kappa shape index (κ1) is 15.1. The topological polar surface area (TPSA) is 87.8 Å². The van der Waals surface area contributed by atoms with Gasteiger partial charge in [0.2, 0.25) is 15.8 Å². The molecule has 0 amide bonds. The van der Waals surface area contributed by atoms with Gasteiger partial charge >= 0.3 is 5.97 Å². The first-order chi connectivity index (χ1) is 9.23. The van der Waals surface area contributed by atoms with Gasteiger partial charge in [-0.25, -0.2) is 13.2 Å². The Morgan fingerprint density at radius 1 is 1.40 bits per heavy atom. The first-order valence-electron chi connectivity index (χ1n) is 6.57. The van der Waals surface area contributed by atoms with Crippen LogP contribution in [0, 0.1) is 18.8 Å². The molecule has 1 fully saturated rings. The number of sulfonamides is 1. The summed E-state index contributed by atoms with van der Waals surface area (Å²) in [5.41, 5.74) is 0. The predicted molar refractivity (Wildman–Crippen MR) is 72.1 cm³/mol. The van der Waals surface area contributed by atoms with E-state index in [1.54, 1.807) is 0 Å². The molecule has 1 N–H and O–H groups in total. The third-order valence-electron chi connectivity index (χ3n) is 4.00. The van der Waals surface area contributed by atoms with Gasteiger partial charge in [0.1, 0.15) is 10.7 Å². The zero-order valence-electron chi connectivity index (χ0n) is 11.8. The molecule has 0 spiro atoms. The number of rotatable bonds is 3. The van der Waals surface area contributed by atoms with Gasteiger partial charge in [-0.3, -0.25) is 0 Å². The van der Waals surface area contributed by atoms with E-state index < -0.39 is 16.0 Å². The normalized spacial score (nSPS) is 24.8. The Labute approximate surface area is 118 Å². The SMILES string of the molecule is Cc1oc(C(=O)O)cc1S(=O)(=O)N1CCC(C)C(C)C1. The van der Waals surface area contributed by atoms with Gasteiger partial charge < -0.3 is 9.52 Å². The number of hydrogen-bond donors (Lipinski definition) is 1. The summed E-state index contributed by atoms with van der Waals surface area (Å²) in [7, 11) is -3.69. The van der Waals surface area contributed by atoms with E-state index in [-0.39, 0.29) is 22.3 Å². The molecule has 0 aliphatic carbocycles. The third-order valence-corrected chi connectivity index (χ3v) is 5.97. The average molecular weight is 301 g/mol. The summed E-state index contributed by atoms with van der Waals surface area (Å²) in [5.74, 6) is -0.727. The summed E-state index contributed by atoms with van der Waals surface area (Å²) in [4.78, 5) is 10.8. The van der Waals surface area contributed by atoms with Crippen LogP contribution in [0.3, 0.4) is 0 Å². The fraction of sp³-hybridized carbons (Fsp3) is 0.615. The molecule has 1 aromatic rings. The van der Waals surface area contributed by atoms with Crippen LogP contribution in [0.2, 0.25) is 0 Å². The lowest BCUT2D eigenvalue weighted by atomic mass is 9.90. The van der Waals surface area contributed by atoms with Crippen LogP contribution in [-0.4, -0.2) is 36.9 Å². The van der Waals surface area contributed by atoms with Crippen molar-refractivity contribution in [1.29, 1.82) is 0 Å². The van der Waals surface area contributed by atoms with E-state index in [0.717, 1.165) is 12.5 Å². The highest BCUT2D eigenvalue weighted by Crippen LogP contribution is 2.29. The Bertz CT molecular complexity index is 619. The Kier molecular flexibility index (Phi) is 3.93. The van der Waals surface area contributed by atoms with Crippen LogP contribution < -0.4 is 0 Å². The van der Waals surface area contributed by atoms with Gasteiger partial charge in [0, 0.05) is 19.2 Å². The van der Waals surface area contributed by atoms with E-state index in [4.69, 9.17) is 9.52 Å². The maximum Gasteiger partial charge on any atom is 0.371 e. The second-order valence-corrected chi connectivity index (χ2v) is 7.35. The molecule has 1 saturated heterocycles. The minimum Gasteiger partial charge on any atom is -0.475 e. The number of nitrogens with zero attached hydrogens (tertiary/aromatic N) is 1. The Morgan fingerprint density at radius 3 is 2.55 bits per heavy atom. The molecule has 0 saturated carbocycles. The molecule has 1 aliphatic heterocycles. The minimum atomic E-state index is -3.69. The molecular weight excluding hydrogens is 282 g/mol. The summed E-state index contributed by atoms with van der Waals surface area (Å²) >= 11 is 0. The van der Waals surface area contributed by atoms with Crippen LogP contribution in [0.5, 0.6) is 0 Å². The number of aryl methyl sites for hydroxylation is 1. The number of piperidine rings is 1. The predicted octanol–water partition coefficient (Wildman–Crippen LogP) is 1.95. The number of hydrogen-bond acceptors (Lipinski definition) is 4. The van der Waals surface area contributed by atoms with Crippen molar-refractivity contribution in [3.05, 3.63) is 17.6 Å². The molecule has 6 nitrogen and oxygen atoms in total. The second kappa shape index (κ2) is 5.21. The van der Waals surface area contributed by atoms with Gasteiger partial charge in [-0.15, -0.1) is 0 Å². The standard InChI is InChI=1S/C13H19NO5S/c1-8-4-5-14(7-9(8)2)20(17,18)12-6-11(13(15)16)19-10(12)3/h6,8-9H,4-5,7H2,1-3H3,(H,15,16). The Balaban J connectivity index is 2.33. The maximum atomic E-state index is 12.6. The van der Waals surface area contributed by atoms with Crippen molar-refractivity contribution in [2.24, 2.45) is 11.8 Å². The van der Waals surface area contributed by atoms with E-state index in [2.05, 4.69) is 6.92 Å². The molecule has 2 heterocycles. The van der Waals surface area contributed by atoms with Crippen molar-refractivity contribution in [3.63, 3.8) is 0 Å². The molecule has 112 valence electrons. The lowest BCUT2D eigenvalue weighted by molar-refractivity contribution is 0.0661. The van der Waals surface area contributed by atoms with E-state index in [1.165, 1.54) is 11.2 Å². The number of furan rings is 1. The monoisotopic (exact) mass is 301 g/mol.